The number of hydrogen-bond donors (Lipinski definition) is 2. The molecule has 0 saturated heterocycles. The predicted octanol–water partition coefficient (Wildman–Crippen LogP) is 0.0196. The zero-order chi connectivity index (χ0) is 11.4. The van der Waals surface area contributed by atoms with Gasteiger partial charge < -0.3 is 15.6 Å². The van der Waals surface area contributed by atoms with Crippen LogP contribution in [0.15, 0.2) is 12.4 Å². The number of rotatable bonds is 4. The van der Waals surface area contributed by atoms with Gasteiger partial charge in [-0.15, -0.1) is 0 Å². The van der Waals surface area contributed by atoms with E-state index in [1.165, 1.54) is 0 Å². The maximum atomic E-state index is 11.5. The second kappa shape index (κ2) is 4.93. The summed E-state index contributed by atoms with van der Waals surface area (Å²) in [6.07, 6.45) is 3.54. The molecule has 3 N–H and O–H groups in total. The Morgan fingerprint density at radius 3 is 2.80 bits per heavy atom. The van der Waals surface area contributed by atoms with E-state index in [9.17, 15) is 4.79 Å². The van der Waals surface area contributed by atoms with E-state index >= 15 is 0 Å². The van der Waals surface area contributed by atoms with Gasteiger partial charge in [-0.3, -0.25) is 4.79 Å². The number of amides is 1. The third kappa shape index (κ3) is 3.06. The summed E-state index contributed by atoms with van der Waals surface area (Å²) in [6, 6.07) is -0.453. The fourth-order valence-corrected chi connectivity index (χ4v) is 1.15. The Bertz CT molecular complexity index is 332. The molecule has 0 aromatic carbocycles. The van der Waals surface area contributed by atoms with Crippen molar-refractivity contribution < 1.29 is 4.79 Å². The number of nitrogens with two attached hydrogens (primary N) is 1. The van der Waals surface area contributed by atoms with Crippen LogP contribution in [0.25, 0.3) is 0 Å². The van der Waals surface area contributed by atoms with Crippen LogP contribution < -0.4 is 11.1 Å². The van der Waals surface area contributed by atoms with E-state index in [0.29, 0.717) is 6.54 Å². The molecule has 1 amide bonds. The third-order valence-corrected chi connectivity index (χ3v) is 2.36. The molecule has 0 aliphatic carbocycles. The van der Waals surface area contributed by atoms with Crippen molar-refractivity contribution in [2.75, 3.05) is 0 Å². The zero-order valence-electron chi connectivity index (χ0n) is 9.40. The molecule has 1 unspecified atom stereocenters. The molecule has 1 aromatic rings. The van der Waals surface area contributed by atoms with Crippen LogP contribution in [-0.2, 0) is 18.4 Å². The highest BCUT2D eigenvalue weighted by Gasteiger charge is 2.16. The smallest absolute Gasteiger partial charge is 0.237 e. The van der Waals surface area contributed by atoms with Gasteiger partial charge in [0.2, 0.25) is 5.91 Å². The highest BCUT2D eigenvalue weighted by molar-refractivity contribution is 5.81. The highest BCUT2D eigenvalue weighted by atomic mass is 16.2. The van der Waals surface area contributed by atoms with Crippen molar-refractivity contribution in [3.63, 3.8) is 0 Å². The first-order valence-corrected chi connectivity index (χ1v) is 5.02. The molecule has 5 heteroatoms. The number of aryl methyl sites for hydroxylation is 1. The number of carbonyl (C=O) groups is 1. The standard InChI is InChI=1S/C10H18N4O/c1-7(2)9(11)10(15)13-6-8-12-4-5-14(8)3/h4-5,7,9H,6,11H2,1-3H3,(H,13,15). The molecule has 0 aliphatic rings. The Balaban J connectivity index is 2.44. The van der Waals surface area contributed by atoms with Crippen LogP contribution in [0.2, 0.25) is 0 Å². The third-order valence-electron chi connectivity index (χ3n) is 2.36. The minimum Gasteiger partial charge on any atom is -0.348 e. The molecule has 0 aliphatic heterocycles. The molecule has 1 heterocycles. The van der Waals surface area contributed by atoms with E-state index in [0.717, 1.165) is 5.82 Å². The Morgan fingerprint density at radius 2 is 2.33 bits per heavy atom. The molecule has 0 bridgehead atoms. The average molecular weight is 210 g/mol. The minimum absolute atomic E-state index is 0.131. The fourth-order valence-electron chi connectivity index (χ4n) is 1.15. The van der Waals surface area contributed by atoms with Crippen LogP contribution >= 0.6 is 0 Å². The number of aromatic nitrogens is 2. The first-order chi connectivity index (χ1) is 7.02. The van der Waals surface area contributed by atoms with Crippen molar-refractivity contribution in [2.24, 2.45) is 18.7 Å². The normalized spacial score (nSPS) is 12.9. The monoisotopic (exact) mass is 210 g/mol. The van der Waals surface area contributed by atoms with Crippen molar-refractivity contribution in [3.05, 3.63) is 18.2 Å². The first kappa shape index (κ1) is 11.7. The van der Waals surface area contributed by atoms with Gasteiger partial charge in [0.1, 0.15) is 5.82 Å². The molecule has 5 nitrogen and oxygen atoms in total. The summed E-state index contributed by atoms with van der Waals surface area (Å²) < 4.78 is 1.86. The van der Waals surface area contributed by atoms with E-state index in [1.54, 1.807) is 6.20 Å². The van der Waals surface area contributed by atoms with Crippen LogP contribution in [0, 0.1) is 5.92 Å². The van der Waals surface area contributed by atoms with Gasteiger partial charge in [-0.25, -0.2) is 4.98 Å². The molecular weight excluding hydrogens is 192 g/mol. The van der Waals surface area contributed by atoms with Crippen molar-refractivity contribution >= 4 is 5.91 Å². The van der Waals surface area contributed by atoms with Gasteiger partial charge in [-0.1, -0.05) is 13.8 Å². The summed E-state index contributed by atoms with van der Waals surface area (Å²) in [7, 11) is 1.89. The molecule has 1 rings (SSSR count). The summed E-state index contributed by atoms with van der Waals surface area (Å²) in [5, 5.41) is 2.76. The van der Waals surface area contributed by atoms with Gasteiger partial charge in [0.05, 0.1) is 12.6 Å². The predicted molar refractivity (Wildman–Crippen MR) is 57.9 cm³/mol. The summed E-state index contributed by atoms with van der Waals surface area (Å²) in [6.45, 7) is 4.26. The molecule has 0 saturated carbocycles. The number of nitrogens with zero attached hydrogens (tertiary/aromatic N) is 2. The van der Waals surface area contributed by atoms with Crippen LogP contribution in [-0.4, -0.2) is 21.5 Å². The van der Waals surface area contributed by atoms with Crippen molar-refractivity contribution in [1.29, 1.82) is 0 Å². The zero-order valence-corrected chi connectivity index (χ0v) is 9.40. The highest BCUT2D eigenvalue weighted by Crippen LogP contribution is 1.99. The van der Waals surface area contributed by atoms with Crippen LogP contribution in [0.4, 0.5) is 0 Å². The lowest BCUT2D eigenvalue weighted by Crippen LogP contribution is -2.43. The molecule has 0 spiro atoms. The average Bonchev–Trinajstić information content (AvgIpc) is 2.59. The van der Waals surface area contributed by atoms with Gasteiger partial charge in [0, 0.05) is 19.4 Å². The van der Waals surface area contributed by atoms with Crippen LogP contribution in [0.5, 0.6) is 0 Å². The quantitative estimate of drug-likeness (QED) is 0.735. The van der Waals surface area contributed by atoms with Crippen molar-refractivity contribution in [3.8, 4) is 0 Å². The summed E-state index contributed by atoms with van der Waals surface area (Å²) in [4.78, 5) is 15.6. The van der Waals surface area contributed by atoms with Crippen molar-refractivity contribution in [1.82, 2.24) is 14.9 Å². The maximum Gasteiger partial charge on any atom is 0.237 e. The molecule has 0 radical (unpaired) electrons. The summed E-state index contributed by atoms with van der Waals surface area (Å²) in [5.41, 5.74) is 5.70. The Kier molecular flexibility index (Phi) is 3.85. The lowest BCUT2D eigenvalue weighted by Gasteiger charge is -2.15. The minimum atomic E-state index is -0.453. The Morgan fingerprint density at radius 1 is 1.67 bits per heavy atom. The molecule has 84 valence electrons. The SMILES string of the molecule is CC(C)C(N)C(=O)NCc1nccn1C. The van der Waals surface area contributed by atoms with E-state index < -0.39 is 6.04 Å². The summed E-state index contributed by atoms with van der Waals surface area (Å²) >= 11 is 0. The maximum absolute atomic E-state index is 11.5. The Hall–Kier alpha value is -1.36. The van der Waals surface area contributed by atoms with E-state index in [1.807, 2.05) is 31.7 Å². The number of carbonyl (C=O) groups excluding carboxylic acids is 1. The van der Waals surface area contributed by atoms with Gasteiger partial charge >= 0.3 is 0 Å². The van der Waals surface area contributed by atoms with Crippen LogP contribution in [0.3, 0.4) is 0 Å². The van der Waals surface area contributed by atoms with Crippen molar-refractivity contribution in [2.45, 2.75) is 26.4 Å². The molecule has 15 heavy (non-hydrogen) atoms. The number of hydrogen-bond acceptors (Lipinski definition) is 3. The van der Waals surface area contributed by atoms with E-state index in [4.69, 9.17) is 5.73 Å². The van der Waals surface area contributed by atoms with Gasteiger partial charge in [-0.2, -0.15) is 0 Å². The number of nitrogens with one attached hydrogen (secondary N) is 1. The second-order valence-corrected chi connectivity index (χ2v) is 3.94. The first-order valence-electron chi connectivity index (χ1n) is 5.02. The largest absolute Gasteiger partial charge is 0.348 e. The second-order valence-electron chi connectivity index (χ2n) is 3.94. The van der Waals surface area contributed by atoms with Gasteiger partial charge in [0.25, 0.3) is 0 Å². The molecule has 1 aromatic heterocycles. The van der Waals surface area contributed by atoms with Gasteiger partial charge in [-0.05, 0) is 5.92 Å². The molecule has 0 fully saturated rings. The van der Waals surface area contributed by atoms with E-state index in [2.05, 4.69) is 10.3 Å². The fraction of sp³-hybridized carbons (Fsp3) is 0.600. The summed E-state index contributed by atoms with van der Waals surface area (Å²) in [5.74, 6) is 0.832. The number of imidazole rings is 1. The lowest BCUT2D eigenvalue weighted by molar-refractivity contribution is -0.123. The molecular formula is C10H18N4O. The van der Waals surface area contributed by atoms with Gasteiger partial charge in [0.15, 0.2) is 0 Å². The van der Waals surface area contributed by atoms with Crippen LogP contribution in [0.1, 0.15) is 19.7 Å². The Labute approximate surface area is 89.7 Å². The lowest BCUT2D eigenvalue weighted by atomic mass is 10.1. The van der Waals surface area contributed by atoms with E-state index in [-0.39, 0.29) is 11.8 Å². The molecule has 1 atom stereocenters. The topological polar surface area (TPSA) is 72.9 Å².